The monoisotopic (exact) mass is 385 g/mol. The number of para-hydroxylation sites is 1. The lowest BCUT2D eigenvalue weighted by atomic mass is 10.00. The van der Waals surface area contributed by atoms with Crippen molar-refractivity contribution in [1.29, 1.82) is 0 Å². The van der Waals surface area contributed by atoms with Gasteiger partial charge in [-0.05, 0) is 41.8 Å². The molecular formula is C29H23N. The Hall–Kier alpha value is -3.84. The topological polar surface area (TPSA) is 4.93 Å². The molecule has 0 aliphatic heterocycles. The van der Waals surface area contributed by atoms with Gasteiger partial charge in [0.05, 0.1) is 11.4 Å². The molecule has 0 spiro atoms. The molecule has 0 atom stereocenters. The van der Waals surface area contributed by atoms with Crippen molar-refractivity contribution in [3.8, 4) is 39.3 Å². The third kappa shape index (κ3) is 3.35. The average molecular weight is 386 g/mol. The van der Waals surface area contributed by atoms with E-state index in [1.54, 1.807) is 0 Å². The first-order chi connectivity index (χ1) is 14.8. The highest BCUT2D eigenvalue weighted by atomic mass is 15.0. The maximum Gasteiger partial charge on any atom is 0.0613 e. The van der Waals surface area contributed by atoms with Gasteiger partial charge >= 0.3 is 0 Å². The Balaban J connectivity index is 1.88. The summed E-state index contributed by atoms with van der Waals surface area (Å²) in [6.07, 6.45) is 0. The van der Waals surface area contributed by atoms with Crippen molar-refractivity contribution in [2.45, 2.75) is 6.92 Å². The minimum absolute atomic E-state index is 1.16. The summed E-state index contributed by atoms with van der Waals surface area (Å²) in [7, 11) is 0. The Kier molecular flexibility index (Phi) is 4.78. The van der Waals surface area contributed by atoms with E-state index in [0.717, 1.165) is 5.69 Å². The Bertz CT molecular complexity index is 1250. The van der Waals surface area contributed by atoms with Gasteiger partial charge in [-0.15, -0.1) is 0 Å². The van der Waals surface area contributed by atoms with Crippen molar-refractivity contribution in [1.82, 2.24) is 4.57 Å². The van der Waals surface area contributed by atoms with Crippen LogP contribution in [0.4, 0.5) is 0 Å². The molecule has 4 aromatic carbocycles. The van der Waals surface area contributed by atoms with E-state index in [0.29, 0.717) is 0 Å². The first kappa shape index (κ1) is 18.2. The molecule has 0 N–H and O–H groups in total. The maximum atomic E-state index is 2.39. The molecule has 1 heteroatoms. The quantitative estimate of drug-likeness (QED) is 0.297. The molecule has 0 bridgehead atoms. The molecule has 144 valence electrons. The van der Waals surface area contributed by atoms with Crippen LogP contribution >= 0.6 is 0 Å². The van der Waals surface area contributed by atoms with Crippen molar-refractivity contribution in [3.63, 3.8) is 0 Å². The second-order valence-corrected chi connectivity index (χ2v) is 7.56. The molecular weight excluding hydrogens is 362 g/mol. The van der Waals surface area contributed by atoms with E-state index in [9.17, 15) is 0 Å². The molecule has 0 fully saturated rings. The Morgan fingerprint density at radius 1 is 0.500 bits per heavy atom. The molecule has 5 aromatic rings. The van der Waals surface area contributed by atoms with E-state index < -0.39 is 0 Å². The predicted molar refractivity (Wildman–Crippen MR) is 127 cm³/mol. The number of rotatable bonds is 4. The van der Waals surface area contributed by atoms with Gasteiger partial charge < -0.3 is 4.57 Å². The van der Waals surface area contributed by atoms with Crippen LogP contribution in [0.1, 0.15) is 5.56 Å². The van der Waals surface area contributed by atoms with Crippen LogP contribution in [0.15, 0.2) is 121 Å². The van der Waals surface area contributed by atoms with Crippen LogP contribution in [0.5, 0.6) is 0 Å². The first-order valence-electron chi connectivity index (χ1n) is 10.3. The van der Waals surface area contributed by atoms with Crippen LogP contribution in [0.3, 0.4) is 0 Å². The Morgan fingerprint density at radius 3 is 1.63 bits per heavy atom. The lowest BCUT2D eigenvalue weighted by molar-refractivity contribution is 1.10. The number of hydrogen-bond donors (Lipinski definition) is 0. The molecule has 0 amide bonds. The number of nitrogens with zero attached hydrogens (tertiary/aromatic N) is 1. The maximum absolute atomic E-state index is 2.39. The average Bonchev–Trinajstić information content (AvgIpc) is 3.22. The summed E-state index contributed by atoms with van der Waals surface area (Å²) in [5.41, 5.74) is 9.71. The van der Waals surface area contributed by atoms with E-state index in [-0.39, 0.29) is 0 Å². The molecule has 0 aliphatic rings. The summed E-state index contributed by atoms with van der Waals surface area (Å²) >= 11 is 0. The number of aromatic nitrogens is 1. The van der Waals surface area contributed by atoms with Gasteiger partial charge in [0.15, 0.2) is 0 Å². The summed E-state index contributed by atoms with van der Waals surface area (Å²) in [5, 5.41) is 0. The summed E-state index contributed by atoms with van der Waals surface area (Å²) in [6.45, 7) is 2.13. The van der Waals surface area contributed by atoms with Crippen LogP contribution in [-0.2, 0) is 0 Å². The molecule has 0 unspecified atom stereocenters. The van der Waals surface area contributed by atoms with Gasteiger partial charge in [-0.1, -0.05) is 109 Å². The molecule has 0 aliphatic carbocycles. The van der Waals surface area contributed by atoms with E-state index in [1.807, 2.05) is 0 Å². The highest BCUT2D eigenvalue weighted by Crippen LogP contribution is 2.41. The molecule has 0 saturated carbocycles. The van der Waals surface area contributed by atoms with Crippen LogP contribution in [0.25, 0.3) is 39.3 Å². The number of hydrogen-bond acceptors (Lipinski definition) is 0. The van der Waals surface area contributed by atoms with Crippen LogP contribution in [-0.4, -0.2) is 4.57 Å². The van der Waals surface area contributed by atoms with Crippen molar-refractivity contribution in [3.05, 3.63) is 127 Å². The SMILES string of the molecule is Cc1ccc(-c2cc(-c3ccccc3)n(-c3ccccc3)c2-c2ccccc2)cc1. The Morgan fingerprint density at radius 2 is 1.03 bits per heavy atom. The zero-order chi connectivity index (χ0) is 20.3. The van der Waals surface area contributed by atoms with E-state index >= 15 is 0 Å². The minimum Gasteiger partial charge on any atom is -0.309 e. The third-order valence-corrected chi connectivity index (χ3v) is 5.49. The van der Waals surface area contributed by atoms with Gasteiger partial charge in [-0.3, -0.25) is 0 Å². The van der Waals surface area contributed by atoms with Crippen molar-refractivity contribution in [2.75, 3.05) is 0 Å². The fourth-order valence-corrected chi connectivity index (χ4v) is 4.01. The van der Waals surface area contributed by atoms with Gasteiger partial charge in [0.1, 0.15) is 0 Å². The molecule has 0 radical (unpaired) electrons. The van der Waals surface area contributed by atoms with Crippen LogP contribution in [0, 0.1) is 6.92 Å². The summed E-state index contributed by atoms with van der Waals surface area (Å²) in [4.78, 5) is 0. The summed E-state index contributed by atoms with van der Waals surface area (Å²) in [6, 6.07) is 43.1. The molecule has 1 nitrogen and oxygen atoms in total. The lowest BCUT2D eigenvalue weighted by Crippen LogP contribution is -1.99. The first-order valence-corrected chi connectivity index (χ1v) is 10.3. The van der Waals surface area contributed by atoms with Crippen LogP contribution in [0.2, 0.25) is 0 Å². The van der Waals surface area contributed by atoms with Crippen molar-refractivity contribution >= 4 is 0 Å². The van der Waals surface area contributed by atoms with E-state index in [4.69, 9.17) is 0 Å². The lowest BCUT2D eigenvalue weighted by Gasteiger charge is -2.15. The van der Waals surface area contributed by atoms with Gasteiger partial charge in [0.25, 0.3) is 0 Å². The molecule has 30 heavy (non-hydrogen) atoms. The molecule has 0 saturated heterocycles. The summed E-state index contributed by atoms with van der Waals surface area (Å²) < 4.78 is 2.39. The zero-order valence-electron chi connectivity index (χ0n) is 17.0. The fourth-order valence-electron chi connectivity index (χ4n) is 4.01. The van der Waals surface area contributed by atoms with Gasteiger partial charge in [-0.25, -0.2) is 0 Å². The summed E-state index contributed by atoms with van der Waals surface area (Å²) in [5.74, 6) is 0. The predicted octanol–water partition coefficient (Wildman–Crippen LogP) is 7.79. The molecule has 5 rings (SSSR count). The highest BCUT2D eigenvalue weighted by molar-refractivity contribution is 5.88. The van der Waals surface area contributed by atoms with E-state index in [1.165, 1.54) is 39.2 Å². The fraction of sp³-hybridized carbons (Fsp3) is 0.0345. The van der Waals surface area contributed by atoms with Gasteiger partial charge in [0, 0.05) is 11.3 Å². The largest absolute Gasteiger partial charge is 0.309 e. The van der Waals surface area contributed by atoms with Crippen molar-refractivity contribution < 1.29 is 0 Å². The zero-order valence-corrected chi connectivity index (χ0v) is 17.0. The van der Waals surface area contributed by atoms with Gasteiger partial charge in [-0.2, -0.15) is 0 Å². The van der Waals surface area contributed by atoms with E-state index in [2.05, 4.69) is 133 Å². The number of aryl methyl sites for hydroxylation is 1. The molecule has 1 aromatic heterocycles. The third-order valence-electron chi connectivity index (χ3n) is 5.49. The van der Waals surface area contributed by atoms with Crippen LogP contribution < -0.4 is 0 Å². The number of benzene rings is 4. The second-order valence-electron chi connectivity index (χ2n) is 7.56. The normalized spacial score (nSPS) is 10.8. The van der Waals surface area contributed by atoms with Gasteiger partial charge in [0.2, 0.25) is 0 Å². The Labute approximate surface area is 177 Å². The smallest absolute Gasteiger partial charge is 0.0613 e. The molecule has 1 heterocycles. The standard InChI is InChI=1S/C29H23N/c1-22-17-19-23(20-18-22)27-21-28(24-11-5-2-6-12-24)30(26-15-9-4-10-16-26)29(27)25-13-7-3-8-14-25/h2-21H,1H3. The highest BCUT2D eigenvalue weighted by Gasteiger charge is 2.20. The minimum atomic E-state index is 1.16. The van der Waals surface area contributed by atoms with Crippen molar-refractivity contribution in [2.24, 2.45) is 0 Å². The second kappa shape index (κ2) is 7.88.